The van der Waals surface area contributed by atoms with Crippen molar-refractivity contribution < 1.29 is 13.9 Å². The molecule has 132 valence electrons. The summed E-state index contributed by atoms with van der Waals surface area (Å²) in [6, 6.07) is 6.89. The average Bonchev–Trinajstić information content (AvgIpc) is 3.09. The molecule has 7 heteroatoms. The van der Waals surface area contributed by atoms with Gasteiger partial charge in [-0.1, -0.05) is 11.6 Å². The van der Waals surface area contributed by atoms with E-state index < -0.39 is 0 Å². The maximum atomic E-state index is 12.2. The summed E-state index contributed by atoms with van der Waals surface area (Å²) in [5.74, 6) is 0.175. The zero-order chi connectivity index (χ0) is 17.2. The lowest BCUT2D eigenvalue weighted by molar-refractivity contribution is 0.000257. The molecule has 2 saturated heterocycles. The Morgan fingerprint density at radius 2 is 2.12 bits per heavy atom. The van der Waals surface area contributed by atoms with Crippen LogP contribution in [0.15, 0.2) is 34.9 Å². The predicted molar refractivity (Wildman–Crippen MR) is 94.1 cm³/mol. The molecule has 6 nitrogen and oxygen atoms in total. The summed E-state index contributed by atoms with van der Waals surface area (Å²) in [6.07, 6.45) is 4.97. The Labute approximate surface area is 151 Å². The Bertz CT molecular complexity index is 746. The van der Waals surface area contributed by atoms with Crippen LogP contribution in [0.3, 0.4) is 0 Å². The van der Waals surface area contributed by atoms with Crippen LogP contribution in [0, 0.1) is 5.92 Å². The molecule has 2 aliphatic heterocycles. The molecule has 3 atom stereocenters. The number of amides is 1. The van der Waals surface area contributed by atoms with Crippen molar-refractivity contribution in [2.75, 3.05) is 25.0 Å². The number of nitrogens with zero attached hydrogens (tertiary/aromatic N) is 2. The number of carbonyl (C=O) groups is 1. The summed E-state index contributed by atoms with van der Waals surface area (Å²) in [5.41, 5.74) is 0.848. The molecule has 2 bridgehead atoms. The quantitative estimate of drug-likeness (QED) is 0.903. The largest absolute Gasteiger partial charge is 0.446 e. The molecule has 2 aromatic rings. The van der Waals surface area contributed by atoms with E-state index in [0.29, 0.717) is 16.6 Å². The van der Waals surface area contributed by atoms with E-state index in [4.69, 9.17) is 20.8 Å². The predicted octanol–water partition coefficient (Wildman–Crippen LogP) is 3.44. The van der Waals surface area contributed by atoms with Crippen molar-refractivity contribution in [3.63, 3.8) is 0 Å². The van der Waals surface area contributed by atoms with E-state index in [1.54, 1.807) is 24.3 Å². The zero-order valence-electron chi connectivity index (χ0n) is 13.8. The molecule has 1 aromatic carbocycles. The number of carbonyl (C=O) groups excluding carboxylic acids is 1. The van der Waals surface area contributed by atoms with Crippen molar-refractivity contribution in [3.05, 3.63) is 41.2 Å². The number of halogens is 1. The Hall–Kier alpha value is -2.05. The summed E-state index contributed by atoms with van der Waals surface area (Å²) < 4.78 is 11.3. The normalized spacial score (nSPS) is 25.4. The van der Waals surface area contributed by atoms with Gasteiger partial charge in [0.15, 0.2) is 5.69 Å². The van der Waals surface area contributed by atoms with Crippen molar-refractivity contribution >= 4 is 23.2 Å². The first-order chi connectivity index (χ1) is 12.2. The van der Waals surface area contributed by atoms with Gasteiger partial charge in [0.2, 0.25) is 0 Å². The van der Waals surface area contributed by atoms with Gasteiger partial charge in [0.05, 0.1) is 0 Å². The van der Waals surface area contributed by atoms with Crippen molar-refractivity contribution in [3.8, 4) is 6.08 Å². The number of aromatic nitrogens is 1. The monoisotopic (exact) mass is 361 g/mol. The van der Waals surface area contributed by atoms with Crippen LogP contribution in [0.25, 0.3) is 0 Å². The molecule has 4 rings (SSSR count). The van der Waals surface area contributed by atoms with Crippen molar-refractivity contribution in [2.24, 2.45) is 5.92 Å². The Balaban J connectivity index is 1.38. The first kappa shape index (κ1) is 16.4. The van der Waals surface area contributed by atoms with Gasteiger partial charge in [-0.3, -0.25) is 4.79 Å². The summed E-state index contributed by atoms with van der Waals surface area (Å²) in [7, 11) is 0. The number of rotatable bonds is 4. The fourth-order valence-corrected chi connectivity index (χ4v) is 3.70. The van der Waals surface area contributed by atoms with Gasteiger partial charge in [0, 0.05) is 29.7 Å². The highest BCUT2D eigenvalue weighted by atomic mass is 35.5. The second-order valence-electron chi connectivity index (χ2n) is 6.61. The number of oxazole rings is 1. The van der Waals surface area contributed by atoms with Crippen LogP contribution in [-0.2, 0) is 0 Å². The van der Waals surface area contributed by atoms with Crippen LogP contribution in [0.1, 0.15) is 29.8 Å². The van der Waals surface area contributed by atoms with E-state index in [1.807, 2.05) is 0 Å². The second-order valence-corrected chi connectivity index (χ2v) is 7.04. The molecule has 3 heterocycles. The van der Waals surface area contributed by atoms with Gasteiger partial charge < -0.3 is 19.4 Å². The third kappa shape index (κ3) is 3.80. The lowest BCUT2D eigenvalue weighted by Gasteiger charge is -2.41. The van der Waals surface area contributed by atoms with E-state index in [2.05, 4.69) is 15.2 Å². The molecular weight excluding hydrogens is 342 g/mol. The van der Waals surface area contributed by atoms with Crippen LogP contribution in [0.5, 0.6) is 6.08 Å². The van der Waals surface area contributed by atoms with Gasteiger partial charge in [-0.2, -0.15) is 4.98 Å². The number of hydrogen-bond acceptors (Lipinski definition) is 5. The summed E-state index contributed by atoms with van der Waals surface area (Å²) >= 11 is 5.84. The van der Waals surface area contributed by atoms with Crippen LogP contribution < -0.4 is 10.1 Å². The number of ether oxygens (including phenoxy) is 1. The third-order valence-corrected chi connectivity index (χ3v) is 5.12. The maximum absolute atomic E-state index is 12.2. The lowest BCUT2D eigenvalue weighted by atomic mass is 9.87. The van der Waals surface area contributed by atoms with Crippen LogP contribution in [-0.4, -0.2) is 41.5 Å². The minimum absolute atomic E-state index is 0.113. The standard InChI is InChI=1S/C18H20ClN3O3/c19-13-3-5-14(6-4-13)20-17(23)15-11-24-18(21-15)25-16-7-9-22-8-1-2-12(16)10-22/h3-6,11-12,16H,1-2,7-10H2,(H,20,23)/t12?,16-/m0/s1. The van der Waals surface area contributed by atoms with Crippen molar-refractivity contribution in [1.29, 1.82) is 0 Å². The van der Waals surface area contributed by atoms with Gasteiger partial charge in [-0.05, 0) is 50.1 Å². The van der Waals surface area contributed by atoms with Crippen LogP contribution in [0.2, 0.25) is 5.02 Å². The number of hydrogen-bond donors (Lipinski definition) is 1. The van der Waals surface area contributed by atoms with Gasteiger partial charge in [0.25, 0.3) is 5.91 Å². The van der Waals surface area contributed by atoms with E-state index >= 15 is 0 Å². The molecular formula is C18H20ClN3O3. The van der Waals surface area contributed by atoms with Crippen LogP contribution >= 0.6 is 11.6 Å². The van der Waals surface area contributed by atoms with E-state index in [0.717, 1.165) is 19.5 Å². The number of fused-ring (bicyclic) bond motifs is 2. The van der Waals surface area contributed by atoms with Gasteiger partial charge >= 0.3 is 6.08 Å². The van der Waals surface area contributed by atoms with E-state index in [9.17, 15) is 4.79 Å². The summed E-state index contributed by atoms with van der Waals surface area (Å²) in [4.78, 5) is 18.9. The van der Waals surface area contributed by atoms with Gasteiger partial charge in [-0.15, -0.1) is 0 Å². The topological polar surface area (TPSA) is 67.6 Å². The molecule has 0 aliphatic carbocycles. The van der Waals surface area contributed by atoms with Crippen molar-refractivity contribution in [2.45, 2.75) is 25.4 Å². The average molecular weight is 362 g/mol. The molecule has 2 unspecified atom stereocenters. The fourth-order valence-electron chi connectivity index (χ4n) is 3.57. The molecule has 2 aliphatic rings. The van der Waals surface area contributed by atoms with E-state index in [-0.39, 0.29) is 23.8 Å². The van der Waals surface area contributed by atoms with E-state index in [1.165, 1.54) is 25.6 Å². The third-order valence-electron chi connectivity index (χ3n) is 4.87. The molecule has 0 radical (unpaired) electrons. The second kappa shape index (κ2) is 7.06. The minimum Gasteiger partial charge on any atom is -0.446 e. The van der Waals surface area contributed by atoms with Gasteiger partial charge in [0.1, 0.15) is 12.4 Å². The molecule has 1 aromatic heterocycles. The number of benzene rings is 1. The van der Waals surface area contributed by atoms with Crippen molar-refractivity contribution in [1.82, 2.24) is 9.88 Å². The molecule has 25 heavy (non-hydrogen) atoms. The number of nitrogens with one attached hydrogen (secondary N) is 1. The molecule has 1 N–H and O–H groups in total. The highest BCUT2D eigenvalue weighted by molar-refractivity contribution is 6.30. The summed E-state index contributed by atoms with van der Waals surface area (Å²) in [6.45, 7) is 3.32. The lowest BCUT2D eigenvalue weighted by Crippen LogP contribution is -2.48. The van der Waals surface area contributed by atoms with Crippen LogP contribution in [0.4, 0.5) is 5.69 Å². The molecule has 0 saturated carbocycles. The Morgan fingerprint density at radius 3 is 2.96 bits per heavy atom. The SMILES string of the molecule is O=C(Nc1ccc(Cl)cc1)c1coc(O[C@H]2CCN3CCCC2C3)n1. The number of piperidine rings is 2. The highest BCUT2D eigenvalue weighted by Gasteiger charge is 2.34. The first-order valence-electron chi connectivity index (χ1n) is 8.59. The van der Waals surface area contributed by atoms with Gasteiger partial charge in [-0.25, -0.2) is 0 Å². The summed E-state index contributed by atoms with van der Waals surface area (Å²) in [5, 5.41) is 3.37. The molecule has 2 fully saturated rings. The zero-order valence-corrected chi connectivity index (χ0v) is 14.5. The fraction of sp³-hybridized carbons (Fsp3) is 0.444. The maximum Gasteiger partial charge on any atom is 0.394 e. The Morgan fingerprint density at radius 1 is 1.28 bits per heavy atom. The minimum atomic E-state index is -0.339. The molecule has 0 spiro atoms. The number of anilines is 1. The smallest absolute Gasteiger partial charge is 0.394 e. The molecule has 1 amide bonds. The first-order valence-corrected chi connectivity index (χ1v) is 8.96. The highest BCUT2D eigenvalue weighted by Crippen LogP contribution is 2.29. The Kier molecular flexibility index (Phi) is 4.63.